The van der Waals surface area contributed by atoms with Crippen LogP contribution in [-0.4, -0.2) is 0 Å². The third-order valence-corrected chi connectivity index (χ3v) is 4.49. The number of alkyl halides is 3. The third kappa shape index (κ3) is 3.37. The van der Waals surface area contributed by atoms with Gasteiger partial charge in [-0.05, 0) is 36.0 Å². The maximum Gasteiger partial charge on any atom is 0.419 e. The Labute approximate surface area is 121 Å². The lowest BCUT2D eigenvalue weighted by Gasteiger charge is -2.40. The summed E-state index contributed by atoms with van der Waals surface area (Å²) in [6, 6.07) is 2.71. The highest BCUT2D eigenvalue weighted by molar-refractivity contribution is 5.29. The van der Waals surface area contributed by atoms with E-state index in [9.17, 15) is 17.6 Å². The standard InChI is InChI=1S/C15H20F4N2/c1-14(7-3-2-4-8-14)13(21-20)10-5-6-11(12(16)9-10)15(17,18)19/h5-6,9,13,21H,2-4,7-8,20H2,1H3. The zero-order chi connectivity index (χ0) is 15.7. The first-order valence-corrected chi connectivity index (χ1v) is 7.11. The van der Waals surface area contributed by atoms with Crippen LogP contribution in [0.25, 0.3) is 0 Å². The van der Waals surface area contributed by atoms with Gasteiger partial charge >= 0.3 is 6.18 Å². The summed E-state index contributed by atoms with van der Waals surface area (Å²) in [5.41, 5.74) is 1.72. The molecule has 0 radical (unpaired) electrons. The summed E-state index contributed by atoms with van der Waals surface area (Å²) < 4.78 is 51.6. The number of rotatable bonds is 3. The second kappa shape index (κ2) is 5.93. The van der Waals surface area contributed by atoms with Crippen LogP contribution < -0.4 is 11.3 Å². The second-order valence-electron chi connectivity index (χ2n) is 6.05. The van der Waals surface area contributed by atoms with Crippen LogP contribution in [0.3, 0.4) is 0 Å². The fourth-order valence-corrected chi connectivity index (χ4v) is 3.29. The predicted octanol–water partition coefficient (Wildman–Crippen LogP) is 4.32. The molecule has 1 aliphatic carbocycles. The smallest absolute Gasteiger partial charge is 0.271 e. The first-order chi connectivity index (χ1) is 9.78. The van der Waals surface area contributed by atoms with Gasteiger partial charge in [-0.15, -0.1) is 0 Å². The average molecular weight is 304 g/mol. The van der Waals surface area contributed by atoms with Crippen LogP contribution in [0.4, 0.5) is 17.6 Å². The highest BCUT2D eigenvalue weighted by Gasteiger charge is 2.38. The first-order valence-electron chi connectivity index (χ1n) is 7.11. The summed E-state index contributed by atoms with van der Waals surface area (Å²) in [5, 5.41) is 0. The summed E-state index contributed by atoms with van der Waals surface area (Å²) in [6.45, 7) is 2.05. The molecule has 0 heterocycles. The van der Waals surface area contributed by atoms with Crippen molar-refractivity contribution in [1.82, 2.24) is 5.43 Å². The highest BCUT2D eigenvalue weighted by atomic mass is 19.4. The van der Waals surface area contributed by atoms with E-state index < -0.39 is 17.6 Å². The van der Waals surface area contributed by atoms with Crippen molar-refractivity contribution in [3.05, 3.63) is 35.1 Å². The van der Waals surface area contributed by atoms with E-state index in [-0.39, 0.29) is 11.5 Å². The van der Waals surface area contributed by atoms with Gasteiger partial charge in [0, 0.05) is 0 Å². The van der Waals surface area contributed by atoms with Crippen LogP contribution in [0, 0.1) is 11.2 Å². The molecule has 0 amide bonds. The minimum atomic E-state index is -4.68. The topological polar surface area (TPSA) is 38.0 Å². The summed E-state index contributed by atoms with van der Waals surface area (Å²) in [5.74, 6) is 4.35. The van der Waals surface area contributed by atoms with Crippen molar-refractivity contribution in [2.24, 2.45) is 11.3 Å². The summed E-state index contributed by atoms with van der Waals surface area (Å²) in [6.07, 6.45) is 0.419. The first kappa shape index (κ1) is 16.2. The molecule has 1 aromatic carbocycles. The van der Waals surface area contributed by atoms with Crippen LogP contribution in [0.5, 0.6) is 0 Å². The van der Waals surface area contributed by atoms with E-state index in [2.05, 4.69) is 5.43 Å². The van der Waals surface area contributed by atoms with Crippen LogP contribution >= 0.6 is 0 Å². The van der Waals surface area contributed by atoms with Crippen molar-refractivity contribution in [3.8, 4) is 0 Å². The highest BCUT2D eigenvalue weighted by Crippen LogP contribution is 2.45. The molecule has 1 aliphatic rings. The molecular formula is C15H20F4N2. The van der Waals surface area contributed by atoms with Crippen molar-refractivity contribution in [2.75, 3.05) is 0 Å². The number of benzene rings is 1. The largest absolute Gasteiger partial charge is 0.419 e. The fourth-order valence-electron chi connectivity index (χ4n) is 3.29. The van der Waals surface area contributed by atoms with E-state index in [0.29, 0.717) is 5.56 Å². The summed E-state index contributed by atoms with van der Waals surface area (Å²) in [7, 11) is 0. The second-order valence-corrected chi connectivity index (χ2v) is 6.05. The maximum absolute atomic E-state index is 13.7. The lowest BCUT2D eigenvalue weighted by atomic mass is 9.69. The van der Waals surface area contributed by atoms with E-state index in [1.807, 2.05) is 6.92 Å². The van der Waals surface area contributed by atoms with E-state index in [1.165, 1.54) is 6.07 Å². The number of hydrogen-bond donors (Lipinski definition) is 2. The van der Waals surface area contributed by atoms with Crippen molar-refractivity contribution in [1.29, 1.82) is 0 Å². The number of nitrogens with two attached hydrogens (primary N) is 1. The van der Waals surface area contributed by atoms with Crippen molar-refractivity contribution in [2.45, 2.75) is 51.2 Å². The summed E-state index contributed by atoms with van der Waals surface area (Å²) >= 11 is 0. The Morgan fingerprint density at radius 3 is 2.29 bits per heavy atom. The third-order valence-electron chi connectivity index (χ3n) is 4.49. The van der Waals surface area contributed by atoms with Gasteiger partial charge in [-0.25, -0.2) is 4.39 Å². The average Bonchev–Trinajstić information content (AvgIpc) is 2.38. The number of nitrogens with one attached hydrogen (secondary N) is 1. The molecule has 118 valence electrons. The molecule has 1 atom stereocenters. The molecule has 0 aromatic heterocycles. The molecule has 0 aliphatic heterocycles. The Balaban J connectivity index is 2.33. The van der Waals surface area contributed by atoms with Crippen molar-refractivity contribution in [3.63, 3.8) is 0 Å². The Kier molecular flexibility index (Phi) is 4.58. The number of hydrazine groups is 1. The molecule has 21 heavy (non-hydrogen) atoms. The van der Waals surface area contributed by atoms with Gasteiger partial charge in [0.2, 0.25) is 0 Å². The molecule has 0 spiro atoms. The van der Waals surface area contributed by atoms with Gasteiger partial charge in [-0.3, -0.25) is 11.3 Å². The number of halogens is 4. The predicted molar refractivity (Wildman–Crippen MR) is 72.7 cm³/mol. The van der Waals surface area contributed by atoms with E-state index >= 15 is 0 Å². The molecule has 2 rings (SSSR count). The van der Waals surface area contributed by atoms with Gasteiger partial charge in [0.05, 0.1) is 11.6 Å². The molecule has 1 fully saturated rings. The van der Waals surface area contributed by atoms with E-state index in [4.69, 9.17) is 5.84 Å². The van der Waals surface area contributed by atoms with Crippen molar-refractivity contribution < 1.29 is 17.6 Å². The monoisotopic (exact) mass is 304 g/mol. The van der Waals surface area contributed by atoms with Crippen LogP contribution in [0.15, 0.2) is 18.2 Å². The van der Waals surface area contributed by atoms with Crippen molar-refractivity contribution >= 4 is 0 Å². The molecule has 1 aromatic rings. The van der Waals surface area contributed by atoms with Gasteiger partial charge in [0.25, 0.3) is 0 Å². The van der Waals surface area contributed by atoms with Crippen LogP contribution in [0.2, 0.25) is 0 Å². The van der Waals surface area contributed by atoms with Gasteiger partial charge in [0.1, 0.15) is 5.82 Å². The molecule has 0 saturated heterocycles. The van der Waals surface area contributed by atoms with Gasteiger partial charge in [0.15, 0.2) is 0 Å². The summed E-state index contributed by atoms with van der Waals surface area (Å²) in [4.78, 5) is 0. The lowest BCUT2D eigenvalue weighted by molar-refractivity contribution is -0.140. The normalized spacial score (nSPS) is 20.3. The SMILES string of the molecule is CC1(C(NN)c2ccc(C(F)(F)F)c(F)c2)CCCCC1. The zero-order valence-corrected chi connectivity index (χ0v) is 11.9. The Morgan fingerprint density at radius 1 is 1.19 bits per heavy atom. The van der Waals surface area contributed by atoms with Gasteiger partial charge < -0.3 is 0 Å². The molecule has 6 heteroatoms. The minimum Gasteiger partial charge on any atom is -0.271 e. The van der Waals surface area contributed by atoms with Gasteiger partial charge in [-0.2, -0.15) is 13.2 Å². The molecular weight excluding hydrogens is 284 g/mol. The van der Waals surface area contributed by atoms with Crippen LogP contribution in [0.1, 0.15) is 56.2 Å². The van der Waals surface area contributed by atoms with Crippen LogP contribution in [-0.2, 0) is 6.18 Å². The maximum atomic E-state index is 13.7. The molecule has 1 unspecified atom stereocenters. The molecule has 2 nitrogen and oxygen atoms in total. The minimum absolute atomic E-state index is 0.167. The molecule has 3 N–H and O–H groups in total. The molecule has 1 saturated carbocycles. The Bertz CT molecular complexity index is 493. The quantitative estimate of drug-likeness (QED) is 0.496. The van der Waals surface area contributed by atoms with E-state index in [0.717, 1.165) is 44.2 Å². The Morgan fingerprint density at radius 2 is 1.81 bits per heavy atom. The van der Waals surface area contributed by atoms with E-state index in [1.54, 1.807) is 0 Å². The Hall–Kier alpha value is -1.14. The zero-order valence-electron chi connectivity index (χ0n) is 11.9. The lowest BCUT2D eigenvalue weighted by Crippen LogP contribution is -2.41. The fraction of sp³-hybridized carbons (Fsp3) is 0.600. The number of hydrogen-bond acceptors (Lipinski definition) is 2. The molecule has 0 bridgehead atoms. The van der Waals surface area contributed by atoms with Gasteiger partial charge in [-0.1, -0.05) is 32.3 Å².